The minimum Gasteiger partial charge on any atom is -0.481 e. The summed E-state index contributed by atoms with van der Waals surface area (Å²) in [5, 5.41) is 14.7. The second-order valence-electron chi connectivity index (χ2n) is 8.02. The third kappa shape index (κ3) is 9.09. The first-order valence-electron chi connectivity index (χ1n) is 11.1. The molecule has 1 aliphatic rings. The fourth-order valence-electron chi connectivity index (χ4n) is 3.63. The number of aryl methyl sites for hydroxylation is 2. The van der Waals surface area contributed by atoms with Gasteiger partial charge in [0.25, 0.3) is 0 Å². The number of carbonyl (C=O) groups excluding carboxylic acids is 1. The number of likely N-dealkylation sites (tertiary alicyclic amines) is 1. The predicted molar refractivity (Wildman–Crippen MR) is 127 cm³/mol. The van der Waals surface area contributed by atoms with Gasteiger partial charge in [0.15, 0.2) is 0 Å². The molecule has 1 saturated heterocycles. The summed E-state index contributed by atoms with van der Waals surface area (Å²) < 4.78 is 0. The Kier molecular flexibility index (Phi) is 10.5. The highest BCUT2D eigenvalue weighted by atomic mass is 32.1. The monoisotopic (exact) mass is 445 g/mol. The van der Waals surface area contributed by atoms with E-state index in [1.165, 1.54) is 35.4 Å². The lowest BCUT2D eigenvalue weighted by Crippen LogP contribution is -2.38. The summed E-state index contributed by atoms with van der Waals surface area (Å²) >= 11 is 1.47. The van der Waals surface area contributed by atoms with Gasteiger partial charge in [-0.05, 0) is 50.2 Å². The Bertz CT molecular complexity index is 829. The first-order valence-corrected chi connectivity index (χ1v) is 12.0. The molecule has 0 radical (unpaired) electrons. The molecule has 3 rings (SSSR count). The highest BCUT2D eigenvalue weighted by Crippen LogP contribution is 2.21. The highest BCUT2D eigenvalue weighted by molar-refractivity contribution is 7.09. The Morgan fingerprint density at radius 3 is 2.55 bits per heavy atom. The number of thiazole rings is 1. The third-order valence-electron chi connectivity index (χ3n) is 5.46. The van der Waals surface area contributed by atoms with E-state index in [-0.39, 0.29) is 12.3 Å². The molecule has 6 nitrogen and oxygen atoms in total. The van der Waals surface area contributed by atoms with Crippen molar-refractivity contribution in [3.05, 3.63) is 45.9 Å². The number of para-hydroxylation sites is 1. The molecule has 1 aromatic carbocycles. The summed E-state index contributed by atoms with van der Waals surface area (Å²) in [6.45, 7) is 8.62. The van der Waals surface area contributed by atoms with Gasteiger partial charge in [-0.3, -0.25) is 9.59 Å². The number of hydrogen-bond donors (Lipinski definition) is 2. The van der Waals surface area contributed by atoms with Crippen molar-refractivity contribution in [2.45, 2.75) is 59.3 Å². The molecular formula is C24H35N3O3S. The number of aliphatic carboxylic acids is 1. The molecule has 31 heavy (non-hydrogen) atoms. The number of carboxylic acids is 1. The van der Waals surface area contributed by atoms with E-state index in [2.05, 4.69) is 41.5 Å². The van der Waals surface area contributed by atoms with Gasteiger partial charge in [0, 0.05) is 37.6 Å². The largest absolute Gasteiger partial charge is 0.481 e. The fourth-order valence-corrected chi connectivity index (χ4v) is 4.24. The molecule has 1 fully saturated rings. The van der Waals surface area contributed by atoms with Crippen LogP contribution in [-0.4, -0.2) is 46.5 Å². The number of aromatic nitrogens is 1. The first kappa shape index (κ1) is 24.9. The van der Waals surface area contributed by atoms with Gasteiger partial charge >= 0.3 is 5.97 Å². The molecule has 2 aromatic rings. The lowest BCUT2D eigenvalue weighted by Gasteiger charge is -2.31. The molecule has 0 spiro atoms. The number of rotatable bonds is 8. The van der Waals surface area contributed by atoms with Crippen LogP contribution in [0.1, 0.15) is 55.8 Å². The number of amides is 1. The minimum atomic E-state index is -0.828. The SMILES string of the molecule is CCCCc1ccccc1NCC1CCN(C(C)=O)CC1.Cc1nc(CC(=O)O)cs1. The standard InChI is InChI=1S/C18H28N2O.C6H7NO2S/c1-3-4-7-17-8-5-6-9-18(17)19-14-16-10-12-20(13-11-16)15(2)21;1-4-7-5(3-10-4)2-6(8)9/h5-6,8-9,16,19H,3-4,7,10-14H2,1-2H3;3H,2H2,1H3,(H,8,9). The lowest BCUT2D eigenvalue weighted by molar-refractivity contribution is -0.136. The van der Waals surface area contributed by atoms with Gasteiger partial charge in [-0.15, -0.1) is 11.3 Å². The minimum absolute atomic E-state index is 0.0321. The fraction of sp³-hybridized carbons (Fsp3) is 0.542. The Morgan fingerprint density at radius 1 is 1.26 bits per heavy atom. The number of benzene rings is 1. The molecule has 0 unspecified atom stereocenters. The van der Waals surface area contributed by atoms with E-state index in [9.17, 15) is 9.59 Å². The van der Waals surface area contributed by atoms with Crippen molar-refractivity contribution >= 4 is 28.9 Å². The summed E-state index contributed by atoms with van der Waals surface area (Å²) in [6, 6.07) is 8.66. The first-order chi connectivity index (χ1) is 14.9. The average Bonchev–Trinajstić information content (AvgIpc) is 3.16. The predicted octanol–water partition coefficient (Wildman–Crippen LogP) is 4.78. The van der Waals surface area contributed by atoms with Crippen molar-refractivity contribution in [1.82, 2.24) is 9.88 Å². The molecule has 2 heterocycles. The topological polar surface area (TPSA) is 82.5 Å². The van der Waals surface area contributed by atoms with E-state index in [1.54, 1.807) is 12.3 Å². The van der Waals surface area contributed by atoms with E-state index < -0.39 is 5.97 Å². The van der Waals surface area contributed by atoms with Crippen LogP contribution in [0.5, 0.6) is 0 Å². The van der Waals surface area contributed by atoms with Crippen LogP contribution in [0.2, 0.25) is 0 Å². The van der Waals surface area contributed by atoms with Crippen molar-refractivity contribution in [1.29, 1.82) is 0 Å². The number of nitrogens with one attached hydrogen (secondary N) is 1. The van der Waals surface area contributed by atoms with E-state index in [1.807, 2.05) is 11.8 Å². The number of piperidine rings is 1. The van der Waals surface area contributed by atoms with E-state index in [0.29, 0.717) is 11.6 Å². The smallest absolute Gasteiger partial charge is 0.309 e. The second-order valence-corrected chi connectivity index (χ2v) is 9.08. The van der Waals surface area contributed by atoms with Gasteiger partial charge in [0.2, 0.25) is 5.91 Å². The third-order valence-corrected chi connectivity index (χ3v) is 6.28. The molecule has 170 valence electrons. The maximum Gasteiger partial charge on any atom is 0.309 e. The Balaban J connectivity index is 0.000000285. The molecule has 0 bridgehead atoms. The Labute approximate surface area is 189 Å². The van der Waals surface area contributed by atoms with Crippen molar-refractivity contribution in [3.63, 3.8) is 0 Å². The maximum atomic E-state index is 11.3. The normalized spacial score (nSPS) is 14.0. The zero-order valence-corrected chi connectivity index (χ0v) is 19.7. The van der Waals surface area contributed by atoms with Crippen molar-refractivity contribution in [2.24, 2.45) is 5.92 Å². The number of anilines is 1. The number of carboxylic acid groups (broad SMARTS) is 1. The maximum absolute atomic E-state index is 11.3. The zero-order valence-electron chi connectivity index (χ0n) is 18.9. The van der Waals surface area contributed by atoms with Crippen molar-refractivity contribution < 1.29 is 14.7 Å². The molecule has 1 aromatic heterocycles. The zero-order chi connectivity index (χ0) is 22.6. The van der Waals surface area contributed by atoms with Gasteiger partial charge in [-0.25, -0.2) is 4.98 Å². The molecule has 0 atom stereocenters. The van der Waals surface area contributed by atoms with Gasteiger partial charge in [-0.2, -0.15) is 0 Å². The number of hydrogen-bond acceptors (Lipinski definition) is 5. The number of nitrogens with zero attached hydrogens (tertiary/aromatic N) is 2. The van der Waals surface area contributed by atoms with E-state index >= 15 is 0 Å². The van der Waals surface area contributed by atoms with E-state index in [0.717, 1.165) is 43.9 Å². The summed E-state index contributed by atoms with van der Waals surface area (Å²) in [7, 11) is 0. The lowest BCUT2D eigenvalue weighted by atomic mass is 9.96. The van der Waals surface area contributed by atoms with Gasteiger partial charge in [-0.1, -0.05) is 31.5 Å². The summed E-state index contributed by atoms with van der Waals surface area (Å²) in [4.78, 5) is 27.4. The van der Waals surface area contributed by atoms with Crippen LogP contribution in [-0.2, 0) is 22.4 Å². The quantitative estimate of drug-likeness (QED) is 0.611. The average molecular weight is 446 g/mol. The Hall–Kier alpha value is -2.41. The van der Waals surface area contributed by atoms with Crippen LogP contribution in [0.15, 0.2) is 29.6 Å². The van der Waals surface area contributed by atoms with Crippen LogP contribution >= 0.6 is 11.3 Å². The highest BCUT2D eigenvalue weighted by Gasteiger charge is 2.20. The van der Waals surface area contributed by atoms with Crippen LogP contribution < -0.4 is 5.32 Å². The molecule has 1 amide bonds. The molecule has 0 saturated carbocycles. The van der Waals surface area contributed by atoms with Crippen LogP contribution in [0.25, 0.3) is 0 Å². The molecule has 2 N–H and O–H groups in total. The molecule has 7 heteroatoms. The molecule has 0 aliphatic carbocycles. The summed E-state index contributed by atoms with van der Waals surface area (Å²) in [5.41, 5.74) is 3.37. The van der Waals surface area contributed by atoms with Crippen LogP contribution in [0.3, 0.4) is 0 Å². The van der Waals surface area contributed by atoms with Gasteiger partial charge < -0.3 is 15.3 Å². The molecule has 1 aliphatic heterocycles. The van der Waals surface area contributed by atoms with Gasteiger partial charge in [0.05, 0.1) is 17.1 Å². The van der Waals surface area contributed by atoms with Crippen LogP contribution in [0, 0.1) is 12.8 Å². The van der Waals surface area contributed by atoms with E-state index in [4.69, 9.17) is 5.11 Å². The van der Waals surface area contributed by atoms with Gasteiger partial charge in [0.1, 0.15) is 0 Å². The van der Waals surface area contributed by atoms with Crippen LogP contribution in [0.4, 0.5) is 5.69 Å². The summed E-state index contributed by atoms with van der Waals surface area (Å²) in [5.74, 6) is 0.0662. The Morgan fingerprint density at radius 2 is 1.97 bits per heavy atom. The van der Waals surface area contributed by atoms with Crippen molar-refractivity contribution in [3.8, 4) is 0 Å². The number of unbranched alkanes of at least 4 members (excludes halogenated alkanes) is 1. The second kappa shape index (κ2) is 13.1. The number of carbonyl (C=O) groups is 2. The summed E-state index contributed by atoms with van der Waals surface area (Å²) in [6.07, 6.45) is 5.90. The molecular weight excluding hydrogens is 410 g/mol. The van der Waals surface area contributed by atoms with Crippen molar-refractivity contribution in [2.75, 3.05) is 25.0 Å².